The molecule has 1 aromatic carbocycles. The van der Waals surface area contributed by atoms with Gasteiger partial charge in [0.25, 0.3) is 0 Å². The minimum absolute atomic E-state index is 0.149. The van der Waals surface area contributed by atoms with Crippen LogP contribution < -0.4 is 0 Å². The highest BCUT2D eigenvalue weighted by molar-refractivity contribution is 9.09. The van der Waals surface area contributed by atoms with E-state index in [9.17, 15) is 4.79 Å². The Morgan fingerprint density at radius 2 is 2.13 bits per heavy atom. The van der Waals surface area contributed by atoms with Gasteiger partial charge in [0, 0.05) is 0 Å². The Balaban J connectivity index is 2.32. The van der Waals surface area contributed by atoms with Crippen molar-refractivity contribution in [2.24, 2.45) is 0 Å². The first-order valence-corrected chi connectivity index (χ1v) is 5.32. The second-order valence-corrected chi connectivity index (χ2v) is 3.65. The predicted octanol–water partition coefficient (Wildman–Crippen LogP) is 1.96. The van der Waals surface area contributed by atoms with E-state index in [0.29, 0.717) is 0 Å². The SMILES string of the molecule is O=C(OC/C=C/c1ccccc1)C(O)Br. The largest absolute Gasteiger partial charge is 0.459 e. The summed E-state index contributed by atoms with van der Waals surface area (Å²) >= 11 is 2.69. The van der Waals surface area contributed by atoms with Gasteiger partial charge in [-0.25, -0.2) is 4.79 Å². The second-order valence-electron chi connectivity index (χ2n) is 2.78. The number of carbonyl (C=O) groups excluding carboxylic acids is 1. The van der Waals surface area contributed by atoms with Crippen LogP contribution >= 0.6 is 15.9 Å². The number of benzene rings is 1. The summed E-state index contributed by atoms with van der Waals surface area (Å²) < 4.78 is 4.70. The molecule has 0 saturated heterocycles. The van der Waals surface area contributed by atoms with Crippen LogP contribution in [0.5, 0.6) is 0 Å². The van der Waals surface area contributed by atoms with Gasteiger partial charge in [-0.05, 0) is 27.6 Å². The Morgan fingerprint density at radius 3 is 2.73 bits per heavy atom. The van der Waals surface area contributed by atoms with Gasteiger partial charge in [0.1, 0.15) is 6.61 Å². The van der Waals surface area contributed by atoms with E-state index in [-0.39, 0.29) is 6.61 Å². The highest BCUT2D eigenvalue weighted by atomic mass is 79.9. The molecule has 0 heterocycles. The smallest absolute Gasteiger partial charge is 0.346 e. The maximum Gasteiger partial charge on any atom is 0.346 e. The first kappa shape index (κ1) is 11.9. The summed E-state index contributed by atoms with van der Waals surface area (Å²) in [6.07, 6.45) is 3.55. The molecule has 0 saturated carbocycles. The molecule has 15 heavy (non-hydrogen) atoms. The lowest BCUT2D eigenvalue weighted by molar-refractivity contribution is -0.147. The third-order valence-corrected chi connectivity index (χ3v) is 2.00. The van der Waals surface area contributed by atoms with Gasteiger partial charge in [-0.2, -0.15) is 0 Å². The Morgan fingerprint density at radius 1 is 1.47 bits per heavy atom. The number of hydrogen-bond donors (Lipinski definition) is 1. The van der Waals surface area contributed by atoms with E-state index in [0.717, 1.165) is 5.56 Å². The summed E-state index contributed by atoms with van der Waals surface area (Å²) in [6, 6.07) is 9.66. The van der Waals surface area contributed by atoms with E-state index in [1.807, 2.05) is 36.4 Å². The molecule has 0 aliphatic carbocycles. The van der Waals surface area contributed by atoms with E-state index in [1.165, 1.54) is 0 Å². The summed E-state index contributed by atoms with van der Waals surface area (Å²) in [7, 11) is 0. The molecular weight excluding hydrogens is 260 g/mol. The van der Waals surface area contributed by atoms with Crippen molar-refractivity contribution in [1.29, 1.82) is 0 Å². The van der Waals surface area contributed by atoms with Gasteiger partial charge in [0.05, 0.1) is 0 Å². The van der Waals surface area contributed by atoms with Crippen molar-refractivity contribution >= 4 is 28.0 Å². The Labute approximate surface area is 96.5 Å². The Kier molecular flexibility index (Phi) is 5.07. The molecule has 3 nitrogen and oxygen atoms in total. The fourth-order valence-corrected chi connectivity index (χ4v) is 1.08. The highest BCUT2D eigenvalue weighted by Crippen LogP contribution is 2.01. The maximum absolute atomic E-state index is 10.8. The first-order chi connectivity index (χ1) is 7.20. The molecule has 1 atom stereocenters. The van der Waals surface area contributed by atoms with Gasteiger partial charge < -0.3 is 9.84 Å². The highest BCUT2D eigenvalue weighted by Gasteiger charge is 2.10. The number of ether oxygens (including phenoxy) is 1. The first-order valence-electron chi connectivity index (χ1n) is 4.40. The lowest BCUT2D eigenvalue weighted by Crippen LogP contribution is -2.16. The zero-order valence-electron chi connectivity index (χ0n) is 7.97. The zero-order valence-corrected chi connectivity index (χ0v) is 9.55. The van der Waals surface area contributed by atoms with Gasteiger partial charge in [0.15, 0.2) is 0 Å². The van der Waals surface area contributed by atoms with Crippen molar-refractivity contribution in [1.82, 2.24) is 0 Å². The van der Waals surface area contributed by atoms with Gasteiger partial charge in [-0.1, -0.05) is 36.4 Å². The normalized spacial score (nSPS) is 12.7. The van der Waals surface area contributed by atoms with Crippen molar-refractivity contribution in [2.45, 2.75) is 5.01 Å². The zero-order chi connectivity index (χ0) is 11.1. The number of esters is 1. The van der Waals surface area contributed by atoms with Crippen molar-refractivity contribution < 1.29 is 14.6 Å². The number of halogens is 1. The number of aliphatic hydroxyl groups is 1. The summed E-state index contributed by atoms with van der Waals surface area (Å²) in [5.74, 6) is -0.687. The van der Waals surface area contributed by atoms with E-state index >= 15 is 0 Å². The van der Waals surface area contributed by atoms with Crippen LogP contribution in [0.3, 0.4) is 0 Å². The van der Waals surface area contributed by atoms with Crippen LogP contribution in [0.25, 0.3) is 6.08 Å². The van der Waals surface area contributed by atoms with Crippen LogP contribution in [0.2, 0.25) is 0 Å². The van der Waals surface area contributed by atoms with Crippen molar-refractivity contribution in [3.8, 4) is 0 Å². The molecule has 4 heteroatoms. The molecule has 1 aromatic rings. The lowest BCUT2D eigenvalue weighted by atomic mass is 10.2. The number of carbonyl (C=O) groups is 1. The minimum atomic E-state index is -1.25. The molecule has 0 fully saturated rings. The average molecular weight is 271 g/mol. The number of aliphatic hydroxyl groups excluding tert-OH is 1. The van der Waals surface area contributed by atoms with Gasteiger partial charge >= 0.3 is 5.97 Å². The molecule has 0 aromatic heterocycles. The molecule has 0 aliphatic heterocycles. The molecule has 80 valence electrons. The Hall–Kier alpha value is -1.13. The van der Waals surface area contributed by atoms with E-state index in [1.54, 1.807) is 6.08 Å². The van der Waals surface area contributed by atoms with Crippen LogP contribution in [0.15, 0.2) is 36.4 Å². The van der Waals surface area contributed by atoms with E-state index < -0.39 is 11.0 Å². The fourth-order valence-electron chi connectivity index (χ4n) is 0.947. The lowest BCUT2D eigenvalue weighted by Gasteiger charge is -2.01. The third-order valence-electron chi connectivity index (χ3n) is 1.63. The van der Waals surface area contributed by atoms with Gasteiger partial charge in [-0.15, -0.1) is 0 Å². The quantitative estimate of drug-likeness (QED) is 0.672. The van der Waals surface area contributed by atoms with Crippen LogP contribution in [0.4, 0.5) is 0 Å². The molecule has 0 radical (unpaired) electrons. The Bertz CT molecular complexity index is 333. The number of hydrogen-bond acceptors (Lipinski definition) is 3. The molecule has 1 N–H and O–H groups in total. The molecule has 1 unspecified atom stereocenters. The minimum Gasteiger partial charge on any atom is -0.459 e. The van der Waals surface area contributed by atoms with Gasteiger partial charge in [-0.3, -0.25) is 0 Å². The molecular formula is C11H11BrO3. The van der Waals surface area contributed by atoms with Gasteiger partial charge in [0.2, 0.25) is 5.01 Å². The summed E-state index contributed by atoms with van der Waals surface area (Å²) in [5, 5.41) is 7.51. The number of alkyl halides is 1. The maximum atomic E-state index is 10.8. The summed E-state index contributed by atoms with van der Waals surface area (Å²) in [5.41, 5.74) is 1.04. The van der Waals surface area contributed by atoms with Crippen LogP contribution in [-0.2, 0) is 9.53 Å². The van der Waals surface area contributed by atoms with E-state index in [2.05, 4.69) is 15.9 Å². The molecule has 0 aliphatic rings. The van der Waals surface area contributed by atoms with Crippen LogP contribution in [-0.4, -0.2) is 22.7 Å². The monoisotopic (exact) mass is 270 g/mol. The van der Waals surface area contributed by atoms with Crippen molar-refractivity contribution in [3.63, 3.8) is 0 Å². The number of rotatable bonds is 4. The molecule has 0 bridgehead atoms. The van der Waals surface area contributed by atoms with Crippen molar-refractivity contribution in [3.05, 3.63) is 42.0 Å². The predicted molar refractivity (Wildman–Crippen MR) is 61.4 cm³/mol. The third kappa shape index (κ3) is 4.76. The topological polar surface area (TPSA) is 46.5 Å². The van der Waals surface area contributed by atoms with Crippen molar-refractivity contribution in [2.75, 3.05) is 6.61 Å². The standard InChI is InChI=1S/C11H11BrO3/c12-10(13)11(14)15-8-4-7-9-5-2-1-3-6-9/h1-7,10,13H,8H2/b7-4+. The summed E-state index contributed by atoms with van der Waals surface area (Å²) in [4.78, 5) is 10.8. The average Bonchev–Trinajstić information content (AvgIpc) is 2.25. The second kappa shape index (κ2) is 6.37. The molecule has 0 amide bonds. The fraction of sp³-hybridized carbons (Fsp3) is 0.182. The summed E-state index contributed by atoms with van der Waals surface area (Å²) in [6.45, 7) is 0.149. The van der Waals surface area contributed by atoms with E-state index in [4.69, 9.17) is 9.84 Å². The van der Waals surface area contributed by atoms with Crippen LogP contribution in [0.1, 0.15) is 5.56 Å². The molecule has 1 rings (SSSR count). The molecule has 0 spiro atoms. The van der Waals surface area contributed by atoms with Crippen LogP contribution in [0, 0.1) is 0 Å².